The molecule has 0 amide bonds. The maximum atomic E-state index is 5.79. The third-order valence-corrected chi connectivity index (χ3v) is 1.97. The zero-order valence-corrected chi connectivity index (χ0v) is 10.4. The van der Waals surface area contributed by atoms with Crippen molar-refractivity contribution in [2.75, 3.05) is 6.61 Å². The van der Waals surface area contributed by atoms with Gasteiger partial charge in [0.2, 0.25) is 0 Å². The maximum Gasteiger partial charge on any atom is 0.101 e. The van der Waals surface area contributed by atoms with Crippen molar-refractivity contribution < 1.29 is 9.47 Å². The van der Waals surface area contributed by atoms with Crippen molar-refractivity contribution >= 4 is 7.85 Å². The molecule has 2 nitrogen and oxygen atoms in total. The zero-order valence-electron chi connectivity index (χ0n) is 10.4. The number of hydrogen-bond acceptors (Lipinski definition) is 2. The molecule has 0 saturated carbocycles. The minimum Gasteiger partial charge on any atom is -0.379 e. The van der Waals surface area contributed by atoms with Gasteiger partial charge in [0.05, 0.1) is 18.3 Å². The van der Waals surface area contributed by atoms with Gasteiger partial charge in [-0.05, 0) is 40.5 Å². The molecule has 0 saturated heterocycles. The molecular formula is C11H25BO2. The van der Waals surface area contributed by atoms with Crippen LogP contribution in [0.4, 0.5) is 0 Å². The van der Waals surface area contributed by atoms with Gasteiger partial charge in [0, 0.05) is 6.61 Å². The number of ether oxygens (including phenoxy) is 2. The molecule has 0 aliphatic rings. The highest BCUT2D eigenvalue weighted by Crippen LogP contribution is 2.10. The first-order valence-corrected chi connectivity index (χ1v) is 5.83. The summed E-state index contributed by atoms with van der Waals surface area (Å²) in [5.41, 5.74) is 0. The van der Waals surface area contributed by atoms with E-state index in [1.54, 1.807) is 0 Å². The topological polar surface area (TPSA) is 18.5 Å². The Bertz CT molecular complexity index is 126. The van der Waals surface area contributed by atoms with E-state index in [1.807, 2.05) is 0 Å². The highest BCUT2D eigenvalue weighted by molar-refractivity contribution is 6.08. The Morgan fingerprint density at radius 2 is 1.64 bits per heavy atom. The molecule has 0 fully saturated rings. The normalized spacial score (nSPS) is 13.9. The largest absolute Gasteiger partial charge is 0.379 e. The van der Waals surface area contributed by atoms with Crippen molar-refractivity contribution in [3.05, 3.63) is 0 Å². The highest BCUT2D eigenvalue weighted by Gasteiger charge is 2.10. The van der Waals surface area contributed by atoms with Crippen molar-refractivity contribution in [1.29, 1.82) is 0 Å². The Morgan fingerprint density at radius 3 is 2.07 bits per heavy atom. The standard InChI is InChI=1S/C11H25BO2/c1-9(2)13-8-6-11(5-7-12)14-10(3)4/h9-11H,5-8,12H2,1-4H3. The van der Waals surface area contributed by atoms with Crippen LogP contribution in [-0.4, -0.2) is 32.8 Å². The second-order valence-corrected chi connectivity index (χ2v) is 4.30. The lowest BCUT2D eigenvalue weighted by Gasteiger charge is -2.20. The second-order valence-electron chi connectivity index (χ2n) is 4.30. The Morgan fingerprint density at radius 1 is 1.00 bits per heavy atom. The fourth-order valence-electron chi connectivity index (χ4n) is 1.42. The summed E-state index contributed by atoms with van der Waals surface area (Å²) in [7, 11) is 2.19. The van der Waals surface area contributed by atoms with Gasteiger partial charge in [0.15, 0.2) is 0 Å². The molecule has 0 heterocycles. The van der Waals surface area contributed by atoms with Crippen molar-refractivity contribution in [1.82, 2.24) is 0 Å². The van der Waals surface area contributed by atoms with Gasteiger partial charge in [-0.15, -0.1) is 0 Å². The van der Waals surface area contributed by atoms with E-state index in [2.05, 4.69) is 35.5 Å². The van der Waals surface area contributed by atoms with Crippen LogP contribution in [0.2, 0.25) is 6.32 Å². The van der Waals surface area contributed by atoms with Crippen molar-refractivity contribution in [2.45, 2.75) is 65.2 Å². The smallest absolute Gasteiger partial charge is 0.101 e. The van der Waals surface area contributed by atoms with Gasteiger partial charge in [-0.3, -0.25) is 0 Å². The van der Waals surface area contributed by atoms with Crippen LogP contribution in [0.5, 0.6) is 0 Å². The lowest BCUT2D eigenvalue weighted by Crippen LogP contribution is -2.20. The predicted octanol–water partition coefficient (Wildman–Crippen LogP) is 2.04. The van der Waals surface area contributed by atoms with Gasteiger partial charge in [0.25, 0.3) is 0 Å². The van der Waals surface area contributed by atoms with Crippen molar-refractivity contribution in [3.63, 3.8) is 0 Å². The molecule has 0 rings (SSSR count). The minimum absolute atomic E-state index is 0.325. The lowest BCUT2D eigenvalue weighted by atomic mass is 9.97. The monoisotopic (exact) mass is 200 g/mol. The summed E-state index contributed by atoms with van der Waals surface area (Å²) in [5.74, 6) is 0. The molecule has 0 spiro atoms. The molecule has 0 aromatic carbocycles. The van der Waals surface area contributed by atoms with Crippen LogP contribution in [-0.2, 0) is 9.47 Å². The Hall–Kier alpha value is -0.0151. The van der Waals surface area contributed by atoms with Gasteiger partial charge in [0.1, 0.15) is 7.85 Å². The van der Waals surface area contributed by atoms with E-state index >= 15 is 0 Å². The van der Waals surface area contributed by atoms with Gasteiger partial charge in [-0.25, -0.2) is 0 Å². The summed E-state index contributed by atoms with van der Waals surface area (Å²) in [6.45, 7) is 9.13. The van der Waals surface area contributed by atoms with Crippen molar-refractivity contribution in [2.24, 2.45) is 0 Å². The van der Waals surface area contributed by atoms with E-state index in [4.69, 9.17) is 9.47 Å². The molecule has 0 aliphatic heterocycles. The van der Waals surface area contributed by atoms with Crippen LogP contribution in [0.25, 0.3) is 0 Å². The van der Waals surface area contributed by atoms with Crippen LogP contribution < -0.4 is 0 Å². The second kappa shape index (κ2) is 8.31. The van der Waals surface area contributed by atoms with E-state index in [9.17, 15) is 0 Å². The summed E-state index contributed by atoms with van der Waals surface area (Å²) >= 11 is 0. The lowest BCUT2D eigenvalue weighted by molar-refractivity contribution is -0.0222. The molecule has 3 heteroatoms. The van der Waals surface area contributed by atoms with Gasteiger partial charge >= 0.3 is 0 Å². The van der Waals surface area contributed by atoms with E-state index in [1.165, 1.54) is 6.32 Å². The third kappa shape index (κ3) is 8.58. The SMILES string of the molecule is BCCC(CCOC(C)C)OC(C)C. The molecule has 0 bridgehead atoms. The maximum absolute atomic E-state index is 5.79. The Kier molecular flexibility index (Phi) is 8.30. The Labute approximate surface area is 89.8 Å². The third-order valence-electron chi connectivity index (χ3n) is 1.97. The van der Waals surface area contributed by atoms with Crippen LogP contribution in [0.3, 0.4) is 0 Å². The molecular weight excluding hydrogens is 175 g/mol. The molecule has 0 N–H and O–H groups in total. The van der Waals surface area contributed by atoms with Gasteiger partial charge in [-0.2, -0.15) is 0 Å². The average Bonchev–Trinajstić information content (AvgIpc) is 2.02. The summed E-state index contributed by atoms with van der Waals surface area (Å²) in [6, 6.07) is 0. The average molecular weight is 200 g/mol. The Balaban J connectivity index is 3.61. The molecule has 0 aliphatic carbocycles. The molecule has 0 aromatic heterocycles. The van der Waals surface area contributed by atoms with Crippen LogP contribution in [0.15, 0.2) is 0 Å². The predicted molar refractivity (Wildman–Crippen MR) is 63.7 cm³/mol. The first-order valence-electron chi connectivity index (χ1n) is 5.83. The summed E-state index contributed by atoms with van der Waals surface area (Å²) < 4.78 is 11.3. The number of rotatable bonds is 8. The summed E-state index contributed by atoms with van der Waals surface area (Å²) in [4.78, 5) is 0. The summed E-state index contributed by atoms with van der Waals surface area (Å²) in [5, 5.41) is 0. The van der Waals surface area contributed by atoms with E-state index in [-0.39, 0.29) is 0 Å². The fourth-order valence-corrected chi connectivity index (χ4v) is 1.42. The van der Waals surface area contributed by atoms with Crippen LogP contribution in [0, 0.1) is 0 Å². The minimum atomic E-state index is 0.325. The first kappa shape index (κ1) is 14.0. The molecule has 84 valence electrons. The van der Waals surface area contributed by atoms with Crippen LogP contribution in [0.1, 0.15) is 40.5 Å². The highest BCUT2D eigenvalue weighted by atomic mass is 16.5. The van der Waals surface area contributed by atoms with Crippen molar-refractivity contribution in [3.8, 4) is 0 Å². The molecule has 1 atom stereocenters. The summed E-state index contributed by atoms with van der Waals surface area (Å²) in [6.07, 6.45) is 4.36. The molecule has 0 aromatic rings. The molecule has 0 radical (unpaired) electrons. The molecule has 14 heavy (non-hydrogen) atoms. The number of hydrogen-bond donors (Lipinski definition) is 0. The van der Waals surface area contributed by atoms with E-state index in [0.29, 0.717) is 18.3 Å². The molecule has 1 unspecified atom stereocenters. The van der Waals surface area contributed by atoms with E-state index in [0.717, 1.165) is 19.4 Å². The zero-order chi connectivity index (χ0) is 11.0. The van der Waals surface area contributed by atoms with E-state index < -0.39 is 0 Å². The fraction of sp³-hybridized carbons (Fsp3) is 1.00. The van der Waals surface area contributed by atoms with Gasteiger partial charge < -0.3 is 9.47 Å². The van der Waals surface area contributed by atoms with Crippen LogP contribution >= 0.6 is 0 Å². The quantitative estimate of drug-likeness (QED) is 0.558. The first-order chi connectivity index (χ1) is 6.56. The van der Waals surface area contributed by atoms with Gasteiger partial charge in [-0.1, -0.05) is 6.32 Å².